The Morgan fingerprint density at radius 2 is 1.85 bits per heavy atom. The molecule has 0 aliphatic heterocycles. The summed E-state index contributed by atoms with van der Waals surface area (Å²) >= 11 is 0. The van der Waals surface area contributed by atoms with Crippen molar-refractivity contribution in [1.82, 2.24) is 10.6 Å². The van der Waals surface area contributed by atoms with Crippen LogP contribution in [0.25, 0.3) is 0 Å². The van der Waals surface area contributed by atoms with Crippen LogP contribution in [-0.2, 0) is 20.8 Å². The number of carbonyl (C=O) groups excluding carboxylic acids is 2. The number of hydrogen-bond acceptors (Lipinski definition) is 5. The highest BCUT2D eigenvalue weighted by Gasteiger charge is 2.24. The van der Waals surface area contributed by atoms with Gasteiger partial charge in [0.1, 0.15) is 12.6 Å². The number of hydrogen-bond donors (Lipinski definition) is 6. The molecule has 10 nitrogen and oxygen atoms in total. The lowest BCUT2D eigenvalue weighted by Gasteiger charge is -2.20. The first-order chi connectivity index (χ1) is 12.8. The molecule has 0 heterocycles. The number of aliphatic carboxylic acids is 1. The predicted octanol–water partition coefficient (Wildman–Crippen LogP) is -2.64. The lowest BCUT2D eigenvalue weighted by molar-refractivity contribution is -0.217. The van der Waals surface area contributed by atoms with E-state index in [-0.39, 0.29) is 12.4 Å². The summed E-state index contributed by atoms with van der Waals surface area (Å²) in [7, 11) is 0. The maximum absolute atomic E-state index is 12.3. The third-order valence-electron chi connectivity index (χ3n) is 3.63. The van der Waals surface area contributed by atoms with Gasteiger partial charge in [-0.05, 0) is 18.4 Å². The fourth-order valence-corrected chi connectivity index (χ4v) is 2.27. The topological polar surface area (TPSA) is 185 Å². The van der Waals surface area contributed by atoms with E-state index in [4.69, 9.17) is 22.3 Å². The fraction of sp³-hybridized carbons (Fsp3) is 0.412. The number of benzene rings is 1. The number of aliphatic imine (C=N–C) groups is 1. The molecule has 0 aromatic heterocycles. The second-order valence-corrected chi connectivity index (χ2v) is 5.92. The van der Waals surface area contributed by atoms with Crippen LogP contribution in [0.15, 0.2) is 35.3 Å². The fourth-order valence-electron chi connectivity index (χ4n) is 2.27. The Morgan fingerprint density at radius 3 is 2.44 bits per heavy atom. The van der Waals surface area contributed by atoms with Crippen LogP contribution < -0.4 is 27.8 Å². The van der Waals surface area contributed by atoms with Crippen molar-refractivity contribution in [3.63, 3.8) is 0 Å². The van der Waals surface area contributed by atoms with Gasteiger partial charge in [-0.15, -0.1) is 5.73 Å². The number of rotatable bonds is 11. The Kier molecular flexibility index (Phi) is 9.48. The van der Waals surface area contributed by atoms with Crippen LogP contribution in [-0.4, -0.2) is 54.0 Å². The zero-order chi connectivity index (χ0) is 20.2. The molecular weight excluding hydrogens is 352 g/mol. The SMILES string of the molecule is NC([NH2+])=NCCCC(N)C(=O)NC(Cc1ccccc1)C(=O)NCC(=O)O. The minimum Gasteiger partial charge on any atom is -0.480 e. The molecule has 147 valence electrons. The molecule has 1 radical (unpaired) electrons. The van der Waals surface area contributed by atoms with Crippen LogP contribution in [0.1, 0.15) is 18.4 Å². The van der Waals surface area contributed by atoms with Crippen molar-refractivity contribution < 1.29 is 25.2 Å². The number of carboxylic acid groups (broad SMARTS) is 1. The predicted molar refractivity (Wildman–Crippen MR) is 98.3 cm³/mol. The molecule has 1 rings (SSSR count). The largest absolute Gasteiger partial charge is 0.480 e. The molecule has 0 saturated heterocycles. The van der Waals surface area contributed by atoms with Gasteiger partial charge in [-0.3, -0.25) is 14.4 Å². The zero-order valence-electron chi connectivity index (χ0n) is 14.9. The van der Waals surface area contributed by atoms with Crippen LogP contribution in [0.3, 0.4) is 0 Å². The number of amides is 2. The molecule has 0 saturated carbocycles. The lowest BCUT2D eigenvalue weighted by atomic mass is 10.0. The summed E-state index contributed by atoms with van der Waals surface area (Å²) in [6.45, 7) is -0.194. The smallest absolute Gasteiger partial charge is 0.340 e. The summed E-state index contributed by atoms with van der Waals surface area (Å²) in [5, 5.41) is 13.6. The number of nitrogens with zero attached hydrogens (tertiary/aromatic N) is 1. The van der Waals surface area contributed by atoms with Gasteiger partial charge in [0.05, 0.1) is 6.04 Å². The average molecular weight is 378 g/mol. The molecule has 0 aliphatic carbocycles. The van der Waals surface area contributed by atoms with Crippen LogP contribution in [0.2, 0.25) is 0 Å². The standard InChI is InChI=1S/C17H26N6O4/c18-12(7-4-8-21-17(19)20)15(26)23-13(16(27)22-10-14(24)25)9-11-5-2-1-3-6-11/h1-3,5-6,12-13H,4,7-10,18-19H2,(H2,20,21)(H,22,27)(H,23,26)(H,24,25)/q+1. The minimum absolute atomic E-state index is 0.0361. The van der Waals surface area contributed by atoms with Gasteiger partial charge in [-0.1, -0.05) is 30.3 Å². The van der Waals surface area contributed by atoms with Crippen molar-refractivity contribution >= 4 is 23.7 Å². The van der Waals surface area contributed by atoms with E-state index >= 15 is 0 Å². The molecule has 2 amide bonds. The first-order valence-corrected chi connectivity index (χ1v) is 8.44. The number of guanidine groups is 1. The number of carboxylic acids is 1. The van der Waals surface area contributed by atoms with Gasteiger partial charge in [0, 0.05) is 13.0 Å². The molecule has 10 heteroatoms. The Morgan fingerprint density at radius 1 is 1.19 bits per heavy atom. The Balaban J connectivity index is 2.68. The molecule has 0 aliphatic rings. The molecule has 0 spiro atoms. The van der Waals surface area contributed by atoms with Gasteiger partial charge in [0.25, 0.3) is 0 Å². The van der Waals surface area contributed by atoms with E-state index in [9.17, 15) is 14.4 Å². The number of carbonyl (C=O) groups is 3. The molecule has 1 aromatic rings. The molecule has 0 bridgehead atoms. The molecule has 2 atom stereocenters. The van der Waals surface area contributed by atoms with Gasteiger partial charge in [-0.2, -0.15) is 0 Å². The Labute approximate surface area is 157 Å². The molecule has 0 fully saturated rings. The van der Waals surface area contributed by atoms with Crippen molar-refractivity contribution in [2.24, 2.45) is 16.5 Å². The first kappa shape index (κ1) is 22.1. The van der Waals surface area contributed by atoms with Gasteiger partial charge in [0.2, 0.25) is 11.8 Å². The molecule has 27 heavy (non-hydrogen) atoms. The molecule has 2 unspecified atom stereocenters. The maximum atomic E-state index is 12.3. The summed E-state index contributed by atoms with van der Waals surface area (Å²) in [6, 6.07) is 7.26. The van der Waals surface area contributed by atoms with Crippen LogP contribution in [0, 0.1) is 0 Å². The van der Waals surface area contributed by atoms with Gasteiger partial charge < -0.3 is 27.2 Å². The summed E-state index contributed by atoms with van der Waals surface area (Å²) < 4.78 is 0. The van der Waals surface area contributed by atoms with Crippen LogP contribution in [0.5, 0.6) is 0 Å². The average Bonchev–Trinajstić information content (AvgIpc) is 2.63. The lowest BCUT2D eigenvalue weighted by Crippen LogP contribution is -2.62. The van der Waals surface area contributed by atoms with Crippen LogP contribution in [0.4, 0.5) is 0 Å². The first-order valence-electron chi connectivity index (χ1n) is 8.44. The summed E-state index contributed by atoms with van der Waals surface area (Å²) in [4.78, 5) is 39.0. The second kappa shape index (κ2) is 11.6. The van der Waals surface area contributed by atoms with Gasteiger partial charge >= 0.3 is 11.9 Å². The molecular formula is C17H26N6O4+. The van der Waals surface area contributed by atoms with E-state index in [0.717, 1.165) is 5.56 Å². The minimum atomic E-state index is -1.18. The second-order valence-electron chi connectivity index (χ2n) is 5.92. The monoisotopic (exact) mass is 378 g/mol. The molecule has 9 N–H and O–H groups in total. The number of nitrogens with two attached hydrogens (primary N) is 3. The highest BCUT2D eigenvalue weighted by molar-refractivity contribution is 5.91. The summed E-state index contributed by atoms with van der Waals surface area (Å²) in [5.74, 6) is -2.32. The highest BCUT2D eigenvalue weighted by Crippen LogP contribution is 2.05. The van der Waals surface area contributed by atoms with Gasteiger partial charge in [-0.25, -0.2) is 4.99 Å². The van der Waals surface area contributed by atoms with Crippen molar-refractivity contribution in [2.45, 2.75) is 31.3 Å². The zero-order valence-corrected chi connectivity index (χ0v) is 14.9. The summed E-state index contributed by atoms with van der Waals surface area (Å²) in [5.41, 5.74) is 17.1. The van der Waals surface area contributed by atoms with E-state index < -0.39 is 36.4 Å². The van der Waals surface area contributed by atoms with Crippen molar-refractivity contribution in [1.29, 1.82) is 0 Å². The van der Waals surface area contributed by atoms with Crippen molar-refractivity contribution in [2.75, 3.05) is 13.1 Å². The maximum Gasteiger partial charge on any atom is 0.340 e. The van der Waals surface area contributed by atoms with Crippen LogP contribution >= 0.6 is 0 Å². The number of nitrogens with one attached hydrogen (secondary N) is 2. The highest BCUT2D eigenvalue weighted by atomic mass is 16.4. The van der Waals surface area contributed by atoms with E-state index in [0.29, 0.717) is 19.4 Å². The Bertz CT molecular complexity index is 661. The van der Waals surface area contributed by atoms with E-state index in [1.165, 1.54) is 0 Å². The Hall–Kier alpha value is -2.98. The summed E-state index contributed by atoms with van der Waals surface area (Å²) in [6.07, 6.45) is 1.04. The van der Waals surface area contributed by atoms with E-state index in [1.807, 2.05) is 6.07 Å². The van der Waals surface area contributed by atoms with Crippen molar-refractivity contribution in [3.8, 4) is 0 Å². The molecule has 1 aromatic carbocycles. The third kappa shape index (κ3) is 9.33. The van der Waals surface area contributed by atoms with Gasteiger partial charge in [0.15, 0.2) is 0 Å². The van der Waals surface area contributed by atoms with E-state index in [1.54, 1.807) is 24.3 Å². The van der Waals surface area contributed by atoms with Crippen molar-refractivity contribution in [3.05, 3.63) is 35.9 Å². The normalized spacial score (nSPS) is 12.5. The quantitative estimate of drug-likeness (QED) is 0.139. The van der Waals surface area contributed by atoms with E-state index in [2.05, 4.69) is 15.6 Å². The third-order valence-corrected chi connectivity index (χ3v) is 3.63.